The van der Waals surface area contributed by atoms with E-state index in [9.17, 15) is 9.90 Å². The van der Waals surface area contributed by atoms with E-state index in [1.165, 1.54) is 6.42 Å². The van der Waals surface area contributed by atoms with Gasteiger partial charge >= 0.3 is 5.97 Å². The first kappa shape index (κ1) is 10.9. The molecule has 3 saturated carbocycles. The maximum absolute atomic E-state index is 11.8. The smallest absolute Gasteiger partial charge is 0.309 e. The van der Waals surface area contributed by atoms with Gasteiger partial charge in [0.2, 0.25) is 0 Å². The second-order valence-electron chi connectivity index (χ2n) is 4.85. The molecule has 3 aliphatic carbocycles. The highest BCUT2D eigenvalue weighted by Crippen LogP contribution is 2.42. The van der Waals surface area contributed by atoms with Gasteiger partial charge in [0.25, 0.3) is 0 Å². The van der Waals surface area contributed by atoms with Gasteiger partial charge in [-0.2, -0.15) is 0 Å². The molecular weight excluding hydrogens is 192 g/mol. The molecule has 0 saturated heterocycles. The molecule has 3 rings (SSSR count). The van der Waals surface area contributed by atoms with Crippen molar-refractivity contribution in [2.75, 3.05) is 6.61 Å². The summed E-state index contributed by atoms with van der Waals surface area (Å²) in [6.07, 6.45) is 4.77. The van der Waals surface area contributed by atoms with Crippen molar-refractivity contribution in [3.05, 3.63) is 0 Å². The largest absolute Gasteiger partial charge is 0.466 e. The second kappa shape index (κ2) is 4.52. The lowest BCUT2D eigenvalue weighted by molar-refractivity contribution is -0.152. The number of ether oxygens (including phenoxy) is 1. The van der Waals surface area contributed by atoms with E-state index in [0.29, 0.717) is 12.5 Å². The fourth-order valence-corrected chi connectivity index (χ4v) is 3.16. The van der Waals surface area contributed by atoms with E-state index >= 15 is 0 Å². The minimum Gasteiger partial charge on any atom is -0.466 e. The van der Waals surface area contributed by atoms with Crippen LogP contribution in [0.4, 0.5) is 0 Å². The Morgan fingerprint density at radius 1 is 1.33 bits per heavy atom. The first-order chi connectivity index (χ1) is 7.22. The molecule has 0 aromatic carbocycles. The van der Waals surface area contributed by atoms with Crippen LogP contribution in [0.25, 0.3) is 0 Å². The van der Waals surface area contributed by atoms with Crippen LogP contribution in [0.3, 0.4) is 0 Å². The number of carbonyl (C=O) groups excluding carboxylic acids is 1. The predicted octanol–water partition coefficient (Wildman–Crippen LogP) is 1.74. The number of aliphatic hydroxyl groups excluding tert-OH is 1. The third-order valence-corrected chi connectivity index (χ3v) is 3.97. The Morgan fingerprint density at radius 2 is 2.07 bits per heavy atom. The van der Waals surface area contributed by atoms with Crippen LogP contribution < -0.4 is 0 Å². The summed E-state index contributed by atoms with van der Waals surface area (Å²) in [5.74, 6) is 0.648. The summed E-state index contributed by atoms with van der Waals surface area (Å²) in [4.78, 5) is 11.8. The molecule has 0 heterocycles. The highest BCUT2D eigenvalue weighted by atomic mass is 16.5. The molecular formula is C12H20O3. The van der Waals surface area contributed by atoms with Crippen molar-refractivity contribution in [3.63, 3.8) is 0 Å². The number of esters is 1. The van der Waals surface area contributed by atoms with Gasteiger partial charge in [0, 0.05) is 0 Å². The molecule has 4 atom stereocenters. The molecule has 15 heavy (non-hydrogen) atoms. The van der Waals surface area contributed by atoms with Gasteiger partial charge in [-0.15, -0.1) is 0 Å². The van der Waals surface area contributed by atoms with Gasteiger partial charge in [-0.3, -0.25) is 4.79 Å². The number of aliphatic hydroxyl groups is 1. The van der Waals surface area contributed by atoms with E-state index in [1.54, 1.807) is 0 Å². The van der Waals surface area contributed by atoms with Gasteiger partial charge in [0.05, 0.1) is 18.6 Å². The van der Waals surface area contributed by atoms with Crippen LogP contribution in [0.1, 0.15) is 39.0 Å². The molecule has 0 aromatic heterocycles. The molecule has 3 aliphatic rings. The summed E-state index contributed by atoms with van der Waals surface area (Å²) in [7, 11) is 0. The summed E-state index contributed by atoms with van der Waals surface area (Å²) in [5.41, 5.74) is 0. The average molecular weight is 212 g/mol. The van der Waals surface area contributed by atoms with Crippen LogP contribution in [0.2, 0.25) is 0 Å². The Kier molecular flexibility index (Phi) is 3.29. The van der Waals surface area contributed by atoms with Gasteiger partial charge in [0.15, 0.2) is 0 Å². The summed E-state index contributed by atoms with van der Waals surface area (Å²) in [6.45, 7) is 2.28. The molecule has 3 fully saturated rings. The normalized spacial score (nSPS) is 39.9. The van der Waals surface area contributed by atoms with Crippen LogP contribution in [-0.2, 0) is 9.53 Å². The number of fused-ring (bicyclic) bond motifs is 4. The molecule has 2 unspecified atom stereocenters. The fourth-order valence-electron chi connectivity index (χ4n) is 3.16. The summed E-state index contributed by atoms with van der Waals surface area (Å²) in [5, 5.41) is 9.96. The van der Waals surface area contributed by atoms with Crippen molar-refractivity contribution in [2.45, 2.75) is 45.1 Å². The summed E-state index contributed by atoms with van der Waals surface area (Å²) < 4.78 is 5.09. The van der Waals surface area contributed by atoms with Gasteiger partial charge in [-0.25, -0.2) is 0 Å². The van der Waals surface area contributed by atoms with E-state index in [2.05, 4.69) is 0 Å². The van der Waals surface area contributed by atoms with E-state index in [0.717, 1.165) is 25.7 Å². The quantitative estimate of drug-likeness (QED) is 0.709. The zero-order valence-corrected chi connectivity index (χ0v) is 9.32. The molecule has 0 aromatic rings. The Balaban J connectivity index is 2.07. The molecule has 2 bridgehead atoms. The number of hydrogen-bond donors (Lipinski definition) is 1. The fraction of sp³-hybridized carbons (Fsp3) is 0.917. The molecule has 0 radical (unpaired) electrons. The van der Waals surface area contributed by atoms with Crippen molar-refractivity contribution in [1.82, 2.24) is 0 Å². The Hall–Kier alpha value is -0.570. The molecule has 0 amide bonds. The van der Waals surface area contributed by atoms with Crippen molar-refractivity contribution in [1.29, 1.82) is 0 Å². The summed E-state index contributed by atoms with van der Waals surface area (Å²) in [6, 6.07) is 0. The highest BCUT2D eigenvalue weighted by molar-refractivity contribution is 5.73. The third-order valence-electron chi connectivity index (χ3n) is 3.97. The zero-order valence-electron chi connectivity index (χ0n) is 9.32. The van der Waals surface area contributed by atoms with Crippen molar-refractivity contribution < 1.29 is 14.6 Å². The van der Waals surface area contributed by atoms with Crippen LogP contribution >= 0.6 is 0 Å². The van der Waals surface area contributed by atoms with Crippen molar-refractivity contribution in [2.24, 2.45) is 17.8 Å². The van der Waals surface area contributed by atoms with Crippen molar-refractivity contribution >= 4 is 5.97 Å². The molecule has 0 spiro atoms. The standard InChI is InChI=1S/C12H20O3/c1-2-15-12(14)10-6-4-8-3-5-9(10)11(13)7-8/h8-11,13H,2-7H2,1H3/t8-,9-,10?,11?/m1/s1. The number of hydrogen-bond acceptors (Lipinski definition) is 3. The SMILES string of the molecule is CCOC(=O)C1CC[C@H]2CC[C@H]1C(O)C2. The van der Waals surface area contributed by atoms with E-state index in [-0.39, 0.29) is 23.9 Å². The Morgan fingerprint density at radius 3 is 2.73 bits per heavy atom. The van der Waals surface area contributed by atoms with Gasteiger partial charge in [0.1, 0.15) is 0 Å². The zero-order chi connectivity index (χ0) is 10.8. The second-order valence-corrected chi connectivity index (χ2v) is 4.85. The third kappa shape index (κ3) is 2.17. The van der Waals surface area contributed by atoms with Crippen LogP contribution in [0, 0.1) is 17.8 Å². The maximum Gasteiger partial charge on any atom is 0.309 e. The topological polar surface area (TPSA) is 46.5 Å². The van der Waals surface area contributed by atoms with Gasteiger partial charge in [-0.1, -0.05) is 0 Å². The molecule has 1 N–H and O–H groups in total. The molecule has 3 nitrogen and oxygen atoms in total. The van der Waals surface area contributed by atoms with Crippen LogP contribution in [0.5, 0.6) is 0 Å². The maximum atomic E-state index is 11.8. The first-order valence-electron chi connectivity index (χ1n) is 6.07. The minimum absolute atomic E-state index is 0.0487. The Bertz CT molecular complexity index is 239. The monoisotopic (exact) mass is 212 g/mol. The molecule has 0 aliphatic heterocycles. The van der Waals surface area contributed by atoms with Crippen molar-refractivity contribution in [3.8, 4) is 0 Å². The highest BCUT2D eigenvalue weighted by Gasteiger charge is 2.41. The number of carbonyl (C=O) groups is 1. The molecule has 3 heteroatoms. The van der Waals surface area contributed by atoms with Gasteiger partial charge < -0.3 is 9.84 Å². The van der Waals surface area contributed by atoms with Crippen LogP contribution in [-0.4, -0.2) is 23.8 Å². The summed E-state index contributed by atoms with van der Waals surface area (Å²) >= 11 is 0. The van der Waals surface area contributed by atoms with Gasteiger partial charge in [-0.05, 0) is 50.9 Å². The lowest BCUT2D eigenvalue weighted by atomic mass is 9.78. The first-order valence-corrected chi connectivity index (χ1v) is 6.07. The molecule has 86 valence electrons. The number of rotatable bonds is 2. The minimum atomic E-state index is -0.277. The lowest BCUT2D eigenvalue weighted by Crippen LogP contribution is -2.34. The van der Waals surface area contributed by atoms with E-state index in [4.69, 9.17) is 4.74 Å². The lowest BCUT2D eigenvalue weighted by Gasteiger charge is -2.31. The van der Waals surface area contributed by atoms with Crippen LogP contribution in [0.15, 0.2) is 0 Å². The van der Waals surface area contributed by atoms with E-state index < -0.39 is 0 Å². The predicted molar refractivity (Wildman–Crippen MR) is 56.2 cm³/mol. The van der Waals surface area contributed by atoms with E-state index in [1.807, 2.05) is 6.92 Å². The Labute approximate surface area is 90.8 Å². The average Bonchev–Trinajstić information content (AvgIpc) is 2.49.